The van der Waals surface area contributed by atoms with Crippen LogP contribution in [0.3, 0.4) is 0 Å². The Bertz CT molecular complexity index is 911. The van der Waals surface area contributed by atoms with E-state index in [2.05, 4.69) is 25.8 Å². The molecule has 3 aromatic rings. The third-order valence-electron chi connectivity index (χ3n) is 3.99. The Kier molecular flexibility index (Phi) is 3.61. The second-order valence-electron chi connectivity index (χ2n) is 5.88. The number of carbonyl (C=O) groups excluding carboxylic acids is 1. The van der Waals surface area contributed by atoms with Gasteiger partial charge in [0.25, 0.3) is 5.91 Å². The van der Waals surface area contributed by atoms with Crippen molar-refractivity contribution in [2.24, 2.45) is 0 Å². The Morgan fingerprint density at radius 1 is 1.29 bits per heavy atom. The summed E-state index contributed by atoms with van der Waals surface area (Å²) in [4.78, 5) is 17.8. The molecule has 1 fully saturated rings. The number of thiazole rings is 1. The Morgan fingerprint density at radius 2 is 2.08 bits per heavy atom. The van der Waals surface area contributed by atoms with Crippen molar-refractivity contribution in [2.45, 2.75) is 32.7 Å². The van der Waals surface area contributed by atoms with E-state index in [1.807, 2.05) is 38.1 Å². The number of aryl methyl sites for hydroxylation is 2. The standard InChI is InChI=1S/C16H16N6OS/c1-9-5-3-4-6-12(9)15-17-10(2)13(24-15)14(23)18-16-19-20-21-22(16)11-7-8-11/h3-6,11H,7-8H2,1-2H3,(H,18,19,21,23). The van der Waals surface area contributed by atoms with Gasteiger partial charge in [-0.3, -0.25) is 10.1 Å². The predicted molar refractivity (Wildman–Crippen MR) is 91.1 cm³/mol. The second-order valence-corrected chi connectivity index (χ2v) is 6.88. The van der Waals surface area contributed by atoms with Crippen molar-refractivity contribution >= 4 is 23.2 Å². The number of anilines is 1. The van der Waals surface area contributed by atoms with Crippen molar-refractivity contribution in [1.82, 2.24) is 25.2 Å². The van der Waals surface area contributed by atoms with Crippen LogP contribution >= 0.6 is 11.3 Å². The molecule has 7 nitrogen and oxygen atoms in total. The number of carbonyl (C=O) groups is 1. The average molecular weight is 340 g/mol. The number of amides is 1. The van der Waals surface area contributed by atoms with E-state index in [9.17, 15) is 4.79 Å². The van der Waals surface area contributed by atoms with Gasteiger partial charge < -0.3 is 0 Å². The fourth-order valence-corrected chi connectivity index (χ4v) is 3.59. The van der Waals surface area contributed by atoms with Gasteiger partial charge in [-0.05, 0) is 42.7 Å². The molecule has 1 aliphatic carbocycles. The van der Waals surface area contributed by atoms with E-state index in [-0.39, 0.29) is 5.91 Å². The summed E-state index contributed by atoms with van der Waals surface area (Å²) >= 11 is 1.39. The summed E-state index contributed by atoms with van der Waals surface area (Å²) in [7, 11) is 0. The molecule has 0 radical (unpaired) electrons. The predicted octanol–water partition coefficient (Wildman–Crippen LogP) is 3.00. The van der Waals surface area contributed by atoms with Crippen LogP contribution in [-0.4, -0.2) is 31.1 Å². The highest BCUT2D eigenvalue weighted by Gasteiger charge is 2.29. The molecule has 1 N–H and O–H groups in total. The SMILES string of the molecule is Cc1ccccc1-c1nc(C)c(C(=O)Nc2nnnn2C2CC2)s1. The van der Waals surface area contributed by atoms with Gasteiger partial charge in [0.1, 0.15) is 9.88 Å². The molecule has 0 aliphatic heterocycles. The molecule has 1 aromatic carbocycles. The second kappa shape index (κ2) is 5.79. The first-order valence-corrected chi connectivity index (χ1v) is 8.58. The molecule has 1 aliphatic rings. The van der Waals surface area contributed by atoms with Gasteiger partial charge in [-0.25, -0.2) is 9.67 Å². The summed E-state index contributed by atoms with van der Waals surface area (Å²) in [6.45, 7) is 3.88. The molecule has 0 atom stereocenters. The van der Waals surface area contributed by atoms with Crippen LogP contribution < -0.4 is 5.32 Å². The molecule has 1 saturated carbocycles. The number of aromatic nitrogens is 5. The minimum absolute atomic E-state index is 0.221. The number of hydrogen-bond donors (Lipinski definition) is 1. The minimum Gasteiger partial charge on any atom is -0.288 e. The summed E-state index contributed by atoms with van der Waals surface area (Å²) in [5.74, 6) is 0.175. The number of hydrogen-bond acceptors (Lipinski definition) is 6. The maximum Gasteiger partial charge on any atom is 0.270 e. The molecule has 0 spiro atoms. The van der Waals surface area contributed by atoms with Crippen LogP contribution in [0.15, 0.2) is 24.3 Å². The zero-order chi connectivity index (χ0) is 16.7. The summed E-state index contributed by atoms with van der Waals surface area (Å²) in [5, 5.41) is 15.2. The zero-order valence-corrected chi connectivity index (χ0v) is 14.2. The maximum absolute atomic E-state index is 12.6. The van der Waals surface area contributed by atoms with Gasteiger partial charge in [0.15, 0.2) is 0 Å². The van der Waals surface area contributed by atoms with Crippen LogP contribution in [-0.2, 0) is 0 Å². The third-order valence-corrected chi connectivity index (χ3v) is 5.18. The van der Waals surface area contributed by atoms with Gasteiger partial charge in [0, 0.05) is 5.56 Å². The molecule has 2 aromatic heterocycles. The molecule has 0 bridgehead atoms. The monoisotopic (exact) mass is 340 g/mol. The van der Waals surface area contributed by atoms with Crippen LogP contribution in [0.4, 0.5) is 5.95 Å². The van der Waals surface area contributed by atoms with E-state index in [0.29, 0.717) is 22.6 Å². The molecule has 2 heterocycles. The van der Waals surface area contributed by atoms with Crippen LogP contribution in [0, 0.1) is 13.8 Å². The maximum atomic E-state index is 12.6. The van der Waals surface area contributed by atoms with Gasteiger partial charge in [0.05, 0.1) is 11.7 Å². The Labute approximate surface area is 142 Å². The Hall–Kier alpha value is -2.61. The van der Waals surface area contributed by atoms with Crippen molar-refractivity contribution in [1.29, 1.82) is 0 Å². The van der Waals surface area contributed by atoms with Gasteiger partial charge in [-0.15, -0.1) is 11.3 Å². The number of nitrogens with zero attached hydrogens (tertiary/aromatic N) is 5. The summed E-state index contributed by atoms with van der Waals surface area (Å²) in [6.07, 6.45) is 2.09. The van der Waals surface area contributed by atoms with Crippen LogP contribution in [0.2, 0.25) is 0 Å². The Balaban J connectivity index is 1.61. The highest BCUT2D eigenvalue weighted by molar-refractivity contribution is 7.17. The molecule has 8 heteroatoms. The smallest absolute Gasteiger partial charge is 0.270 e. The summed E-state index contributed by atoms with van der Waals surface area (Å²) < 4.78 is 1.68. The highest BCUT2D eigenvalue weighted by Crippen LogP contribution is 2.36. The quantitative estimate of drug-likeness (QED) is 0.789. The lowest BCUT2D eigenvalue weighted by atomic mass is 10.1. The minimum atomic E-state index is -0.221. The van der Waals surface area contributed by atoms with E-state index < -0.39 is 0 Å². The van der Waals surface area contributed by atoms with Crippen molar-refractivity contribution < 1.29 is 4.79 Å². The summed E-state index contributed by atoms with van der Waals surface area (Å²) in [6, 6.07) is 8.33. The van der Waals surface area contributed by atoms with E-state index in [4.69, 9.17) is 0 Å². The number of nitrogens with one attached hydrogen (secondary N) is 1. The van der Waals surface area contributed by atoms with E-state index in [1.165, 1.54) is 11.3 Å². The highest BCUT2D eigenvalue weighted by atomic mass is 32.1. The fourth-order valence-electron chi connectivity index (χ4n) is 2.53. The fraction of sp³-hybridized carbons (Fsp3) is 0.312. The van der Waals surface area contributed by atoms with E-state index in [1.54, 1.807) is 4.68 Å². The number of benzene rings is 1. The van der Waals surface area contributed by atoms with E-state index >= 15 is 0 Å². The van der Waals surface area contributed by atoms with Gasteiger partial charge in [0.2, 0.25) is 5.95 Å². The molecule has 0 saturated heterocycles. The molecule has 0 unspecified atom stereocenters. The zero-order valence-electron chi connectivity index (χ0n) is 13.4. The normalized spacial score (nSPS) is 13.9. The van der Waals surface area contributed by atoms with Crippen molar-refractivity contribution in [3.63, 3.8) is 0 Å². The number of rotatable bonds is 4. The topological polar surface area (TPSA) is 85.6 Å². The third kappa shape index (κ3) is 2.69. The van der Waals surface area contributed by atoms with Crippen molar-refractivity contribution in [3.05, 3.63) is 40.4 Å². The average Bonchev–Trinajstić information content (AvgIpc) is 3.18. The van der Waals surface area contributed by atoms with Crippen molar-refractivity contribution in [3.8, 4) is 10.6 Å². The molecular formula is C16H16N6OS. The Morgan fingerprint density at radius 3 is 2.83 bits per heavy atom. The van der Waals surface area contributed by atoms with Crippen LogP contribution in [0.25, 0.3) is 10.6 Å². The first kappa shape index (κ1) is 14.9. The molecule has 24 heavy (non-hydrogen) atoms. The van der Waals surface area contributed by atoms with Crippen molar-refractivity contribution in [2.75, 3.05) is 5.32 Å². The largest absolute Gasteiger partial charge is 0.288 e. The molecule has 1 amide bonds. The molecule has 122 valence electrons. The van der Waals surface area contributed by atoms with Gasteiger partial charge in [-0.1, -0.05) is 29.4 Å². The number of tetrazole rings is 1. The first-order valence-electron chi connectivity index (χ1n) is 7.76. The summed E-state index contributed by atoms with van der Waals surface area (Å²) in [5.41, 5.74) is 2.89. The lowest BCUT2D eigenvalue weighted by Crippen LogP contribution is -2.16. The lowest BCUT2D eigenvalue weighted by molar-refractivity contribution is 0.102. The molecule has 4 rings (SSSR count). The first-order chi connectivity index (χ1) is 11.6. The van der Waals surface area contributed by atoms with Crippen LogP contribution in [0.1, 0.15) is 39.8 Å². The lowest BCUT2D eigenvalue weighted by Gasteiger charge is -2.03. The van der Waals surface area contributed by atoms with Crippen LogP contribution in [0.5, 0.6) is 0 Å². The molecular weight excluding hydrogens is 324 g/mol. The van der Waals surface area contributed by atoms with Gasteiger partial charge in [-0.2, -0.15) is 0 Å². The van der Waals surface area contributed by atoms with E-state index in [0.717, 1.165) is 29.0 Å². The van der Waals surface area contributed by atoms with Gasteiger partial charge >= 0.3 is 0 Å².